The summed E-state index contributed by atoms with van der Waals surface area (Å²) in [5, 5.41) is 9.58. The Morgan fingerprint density at radius 1 is 1.27 bits per heavy atom. The van der Waals surface area contributed by atoms with Crippen molar-refractivity contribution < 1.29 is 9.84 Å². The van der Waals surface area contributed by atoms with E-state index in [1.54, 1.807) is 0 Å². The van der Waals surface area contributed by atoms with Gasteiger partial charge in [-0.25, -0.2) is 0 Å². The summed E-state index contributed by atoms with van der Waals surface area (Å²) in [5.74, 6) is 0. The van der Waals surface area contributed by atoms with Gasteiger partial charge in [0.25, 0.3) is 0 Å². The molecule has 0 radical (unpaired) electrons. The molecule has 15 heavy (non-hydrogen) atoms. The molecule has 2 nitrogen and oxygen atoms in total. The van der Waals surface area contributed by atoms with Gasteiger partial charge in [0.05, 0.1) is 12.2 Å². The molecule has 0 saturated carbocycles. The Labute approximate surface area is 90.9 Å². The monoisotopic (exact) mass is 206 g/mol. The first-order valence-corrected chi connectivity index (χ1v) is 5.53. The van der Waals surface area contributed by atoms with Crippen LogP contribution in [0, 0.1) is 13.8 Å². The first kappa shape index (κ1) is 10.7. The van der Waals surface area contributed by atoms with Crippen molar-refractivity contribution >= 4 is 0 Å². The van der Waals surface area contributed by atoms with Crippen LogP contribution >= 0.6 is 0 Å². The summed E-state index contributed by atoms with van der Waals surface area (Å²) in [4.78, 5) is 0. The largest absolute Gasteiger partial charge is 0.393 e. The minimum absolute atomic E-state index is 0.0769. The van der Waals surface area contributed by atoms with E-state index in [-0.39, 0.29) is 12.2 Å². The minimum atomic E-state index is -0.203. The third kappa shape index (κ3) is 2.39. The summed E-state index contributed by atoms with van der Waals surface area (Å²) >= 11 is 0. The van der Waals surface area contributed by atoms with E-state index in [0.29, 0.717) is 6.61 Å². The fourth-order valence-corrected chi connectivity index (χ4v) is 1.98. The third-order valence-corrected chi connectivity index (χ3v) is 3.16. The molecule has 1 aromatic carbocycles. The first-order valence-electron chi connectivity index (χ1n) is 5.53. The maximum Gasteiger partial charge on any atom is 0.0849 e. The van der Waals surface area contributed by atoms with Crippen LogP contribution in [0.5, 0.6) is 0 Å². The van der Waals surface area contributed by atoms with Crippen LogP contribution in [0.1, 0.15) is 35.6 Å². The number of rotatable bonds is 1. The molecular formula is C13H18O2. The third-order valence-electron chi connectivity index (χ3n) is 3.16. The van der Waals surface area contributed by atoms with E-state index < -0.39 is 0 Å². The number of aliphatic hydroxyl groups is 1. The zero-order valence-electron chi connectivity index (χ0n) is 9.36. The van der Waals surface area contributed by atoms with E-state index in [2.05, 4.69) is 32.0 Å². The molecule has 1 aliphatic rings. The summed E-state index contributed by atoms with van der Waals surface area (Å²) in [6.07, 6.45) is 1.36. The topological polar surface area (TPSA) is 29.5 Å². The van der Waals surface area contributed by atoms with Crippen molar-refractivity contribution in [3.05, 3.63) is 34.9 Å². The summed E-state index contributed by atoms with van der Waals surface area (Å²) in [5.41, 5.74) is 3.78. The lowest BCUT2D eigenvalue weighted by molar-refractivity contribution is -0.0448. The van der Waals surface area contributed by atoms with Gasteiger partial charge < -0.3 is 9.84 Å². The van der Waals surface area contributed by atoms with Gasteiger partial charge in [-0.2, -0.15) is 0 Å². The predicted octanol–water partition coefficient (Wildman–Crippen LogP) is 2.52. The van der Waals surface area contributed by atoms with Crippen LogP contribution in [0.4, 0.5) is 0 Å². The second-order valence-corrected chi connectivity index (χ2v) is 4.38. The molecule has 0 aliphatic carbocycles. The average molecular weight is 206 g/mol. The zero-order valence-corrected chi connectivity index (χ0v) is 9.36. The lowest BCUT2D eigenvalue weighted by atomic mass is 9.96. The molecule has 2 rings (SSSR count). The van der Waals surface area contributed by atoms with E-state index >= 15 is 0 Å². The molecule has 2 heteroatoms. The Morgan fingerprint density at radius 2 is 2.07 bits per heavy atom. The molecule has 1 N–H and O–H groups in total. The van der Waals surface area contributed by atoms with Crippen molar-refractivity contribution in [2.75, 3.05) is 6.61 Å². The molecule has 1 aliphatic heterocycles. The number of aryl methyl sites for hydroxylation is 2. The summed E-state index contributed by atoms with van der Waals surface area (Å²) in [6, 6.07) is 6.39. The highest BCUT2D eigenvalue weighted by molar-refractivity contribution is 5.31. The molecule has 2 atom stereocenters. The number of benzene rings is 1. The van der Waals surface area contributed by atoms with E-state index in [9.17, 15) is 5.11 Å². The van der Waals surface area contributed by atoms with Crippen molar-refractivity contribution in [1.29, 1.82) is 0 Å². The molecule has 1 aromatic rings. The Morgan fingerprint density at radius 3 is 2.73 bits per heavy atom. The van der Waals surface area contributed by atoms with Gasteiger partial charge in [0.15, 0.2) is 0 Å². The molecule has 1 fully saturated rings. The smallest absolute Gasteiger partial charge is 0.0849 e. The highest BCUT2D eigenvalue weighted by Crippen LogP contribution is 2.29. The lowest BCUT2D eigenvalue weighted by Crippen LogP contribution is -2.23. The summed E-state index contributed by atoms with van der Waals surface area (Å²) in [6.45, 7) is 4.88. The molecule has 0 aromatic heterocycles. The highest BCUT2D eigenvalue weighted by Gasteiger charge is 2.22. The van der Waals surface area contributed by atoms with Gasteiger partial charge in [-0.15, -0.1) is 0 Å². The van der Waals surface area contributed by atoms with Crippen LogP contribution < -0.4 is 0 Å². The van der Waals surface area contributed by atoms with Crippen LogP contribution in [0.3, 0.4) is 0 Å². The van der Waals surface area contributed by atoms with Crippen molar-refractivity contribution in [1.82, 2.24) is 0 Å². The molecule has 1 saturated heterocycles. The van der Waals surface area contributed by atoms with Gasteiger partial charge in [-0.1, -0.05) is 18.2 Å². The Bertz CT molecular complexity index is 346. The van der Waals surface area contributed by atoms with E-state index in [0.717, 1.165) is 12.8 Å². The fraction of sp³-hybridized carbons (Fsp3) is 0.538. The molecule has 0 amide bonds. The maximum absolute atomic E-state index is 9.58. The van der Waals surface area contributed by atoms with Crippen LogP contribution in [-0.4, -0.2) is 17.8 Å². The van der Waals surface area contributed by atoms with Gasteiger partial charge in [-0.3, -0.25) is 0 Å². The molecule has 82 valence electrons. The van der Waals surface area contributed by atoms with E-state index in [4.69, 9.17) is 4.74 Å². The van der Waals surface area contributed by atoms with Gasteiger partial charge in [0.1, 0.15) is 0 Å². The second-order valence-electron chi connectivity index (χ2n) is 4.38. The van der Waals surface area contributed by atoms with Gasteiger partial charge >= 0.3 is 0 Å². The minimum Gasteiger partial charge on any atom is -0.393 e. The quantitative estimate of drug-likeness (QED) is 0.765. The molecule has 0 bridgehead atoms. The van der Waals surface area contributed by atoms with Gasteiger partial charge in [0, 0.05) is 13.0 Å². The van der Waals surface area contributed by atoms with Crippen molar-refractivity contribution in [3.63, 3.8) is 0 Å². The van der Waals surface area contributed by atoms with Crippen LogP contribution in [-0.2, 0) is 4.74 Å². The normalized spacial score (nSPS) is 26.6. The predicted molar refractivity (Wildman–Crippen MR) is 59.8 cm³/mol. The number of hydrogen-bond acceptors (Lipinski definition) is 2. The Kier molecular flexibility index (Phi) is 3.08. The highest BCUT2D eigenvalue weighted by atomic mass is 16.5. The Hall–Kier alpha value is -0.860. The van der Waals surface area contributed by atoms with Gasteiger partial charge in [-0.05, 0) is 37.0 Å². The van der Waals surface area contributed by atoms with Gasteiger partial charge in [0.2, 0.25) is 0 Å². The zero-order chi connectivity index (χ0) is 10.8. The molecule has 1 heterocycles. The number of ether oxygens (including phenoxy) is 1. The SMILES string of the molecule is Cc1ccc(C2CC(O)CCO2)cc1C. The van der Waals surface area contributed by atoms with Crippen LogP contribution in [0.2, 0.25) is 0 Å². The molecular weight excluding hydrogens is 188 g/mol. The van der Waals surface area contributed by atoms with E-state index in [1.807, 2.05) is 0 Å². The molecule has 2 unspecified atom stereocenters. The Balaban J connectivity index is 2.18. The number of aliphatic hydroxyl groups excluding tert-OH is 1. The van der Waals surface area contributed by atoms with Crippen molar-refractivity contribution in [3.8, 4) is 0 Å². The second kappa shape index (κ2) is 4.33. The number of hydrogen-bond donors (Lipinski definition) is 1. The van der Waals surface area contributed by atoms with Crippen LogP contribution in [0.15, 0.2) is 18.2 Å². The summed E-state index contributed by atoms with van der Waals surface area (Å²) < 4.78 is 5.67. The summed E-state index contributed by atoms with van der Waals surface area (Å²) in [7, 11) is 0. The first-order chi connectivity index (χ1) is 7.16. The van der Waals surface area contributed by atoms with Crippen molar-refractivity contribution in [2.45, 2.75) is 38.9 Å². The van der Waals surface area contributed by atoms with Crippen molar-refractivity contribution in [2.24, 2.45) is 0 Å². The maximum atomic E-state index is 9.58. The lowest BCUT2D eigenvalue weighted by Gasteiger charge is -2.27. The average Bonchev–Trinajstić information content (AvgIpc) is 2.22. The van der Waals surface area contributed by atoms with Crippen LogP contribution in [0.25, 0.3) is 0 Å². The fourth-order valence-electron chi connectivity index (χ4n) is 1.98. The van der Waals surface area contributed by atoms with E-state index in [1.165, 1.54) is 16.7 Å². The standard InChI is InChI=1S/C13H18O2/c1-9-3-4-11(7-10(9)2)13-8-12(14)5-6-15-13/h3-4,7,12-14H,5-6,8H2,1-2H3. The molecule has 0 spiro atoms.